The molecule has 1 unspecified atom stereocenters. The van der Waals surface area contributed by atoms with Crippen molar-refractivity contribution in [2.24, 2.45) is 0 Å². The van der Waals surface area contributed by atoms with Crippen LogP contribution in [0, 0.1) is 0 Å². The van der Waals surface area contributed by atoms with Gasteiger partial charge < -0.3 is 55.3 Å². The van der Waals surface area contributed by atoms with E-state index in [1.807, 2.05) is 0 Å². The molecule has 2 aliphatic rings. The third-order valence-corrected chi connectivity index (χ3v) is 4.36. The van der Waals surface area contributed by atoms with E-state index in [2.05, 4.69) is 5.32 Å². The van der Waals surface area contributed by atoms with Gasteiger partial charge in [0.25, 0.3) is 0 Å². The topological polar surface area (TPSA) is 198 Å². The van der Waals surface area contributed by atoms with Crippen LogP contribution in [0.1, 0.15) is 6.92 Å². The number of nitrogens with one attached hydrogen (secondary N) is 1. The summed E-state index contributed by atoms with van der Waals surface area (Å²) in [6.45, 7) is 0.0636. The average Bonchev–Trinajstić information content (AvgIpc) is 2.59. The SMILES string of the molecule is CC(=O)N[C@H]1C(O)O[C@H](CO[C@@H]2O[C@H](CO)[C@H](O)[C@H](O)[C@H]2O)[C@@H](O)[C@@H]1O. The van der Waals surface area contributed by atoms with Crippen molar-refractivity contribution in [2.75, 3.05) is 13.2 Å². The van der Waals surface area contributed by atoms with Crippen LogP contribution in [0.15, 0.2) is 0 Å². The molecule has 0 aromatic carbocycles. The predicted octanol–water partition coefficient (Wildman–Crippen LogP) is -5.25. The smallest absolute Gasteiger partial charge is 0.217 e. The van der Waals surface area contributed by atoms with E-state index in [4.69, 9.17) is 19.3 Å². The maximum absolute atomic E-state index is 11.1. The summed E-state index contributed by atoms with van der Waals surface area (Å²) >= 11 is 0. The molecule has 12 heteroatoms. The molecule has 2 rings (SSSR count). The Morgan fingerprint density at radius 3 is 2.12 bits per heavy atom. The molecule has 0 radical (unpaired) electrons. The summed E-state index contributed by atoms with van der Waals surface area (Å²) in [5, 5.41) is 70.6. The van der Waals surface area contributed by atoms with Gasteiger partial charge in [-0.15, -0.1) is 0 Å². The molecule has 2 saturated heterocycles. The Labute approximate surface area is 148 Å². The molecule has 2 fully saturated rings. The fraction of sp³-hybridized carbons (Fsp3) is 0.929. The fourth-order valence-corrected chi connectivity index (χ4v) is 2.87. The third-order valence-electron chi connectivity index (χ3n) is 4.36. The first-order chi connectivity index (χ1) is 12.2. The van der Waals surface area contributed by atoms with E-state index in [9.17, 15) is 35.4 Å². The van der Waals surface area contributed by atoms with Crippen molar-refractivity contribution in [2.45, 2.75) is 68.3 Å². The van der Waals surface area contributed by atoms with Gasteiger partial charge in [-0.2, -0.15) is 0 Å². The number of carbonyl (C=O) groups excluding carboxylic acids is 1. The highest BCUT2D eigenvalue weighted by atomic mass is 16.7. The van der Waals surface area contributed by atoms with Crippen LogP contribution in [0.2, 0.25) is 0 Å². The Bertz CT molecular complexity index is 478. The molecule has 0 spiro atoms. The number of aliphatic hydroxyl groups is 7. The zero-order valence-electron chi connectivity index (χ0n) is 14.0. The molecular weight excluding hydrogens is 358 g/mol. The summed E-state index contributed by atoms with van der Waals surface area (Å²) in [4.78, 5) is 11.1. The van der Waals surface area contributed by atoms with E-state index in [1.165, 1.54) is 6.92 Å². The van der Waals surface area contributed by atoms with E-state index in [0.29, 0.717) is 0 Å². The first kappa shape index (κ1) is 21.4. The molecule has 2 aliphatic heterocycles. The van der Waals surface area contributed by atoms with Crippen LogP contribution in [0.4, 0.5) is 0 Å². The predicted molar refractivity (Wildman–Crippen MR) is 80.2 cm³/mol. The second-order valence-corrected chi connectivity index (χ2v) is 6.30. The Balaban J connectivity index is 1.95. The normalized spacial score (nSPS) is 46.8. The maximum Gasteiger partial charge on any atom is 0.217 e. The fourth-order valence-electron chi connectivity index (χ4n) is 2.87. The van der Waals surface area contributed by atoms with E-state index < -0.39 is 80.5 Å². The number of hydrogen-bond donors (Lipinski definition) is 8. The quantitative estimate of drug-likeness (QED) is 0.226. The van der Waals surface area contributed by atoms with Crippen LogP contribution in [0.3, 0.4) is 0 Å². The van der Waals surface area contributed by atoms with Crippen LogP contribution in [0.25, 0.3) is 0 Å². The van der Waals surface area contributed by atoms with Gasteiger partial charge in [-0.3, -0.25) is 4.79 Å². The number of ether oxygens (including phenoxy) is 3. The lowest BCUT2D eigenvalue weighted by Gasteiger charge is -2.42. The molecule has 152 valence electrons. The summed E-state index contributed by atoms with van der Waals surface area (Å²) in [5.41, 5.74) is 0. The van der Waals surface area contributed by atoms with E-state index in [0.717, 1.165) is 0 Å². The minimum Gasteiger partial charge on any atom is -0.394 e. The van der Waals surface area contributed by atoms with Crippen LogP contribution < -0.4 is 5.32 Å². The number of aliphatic hydroxyl groups excluding tert-OH is 7. The Hall–Kier alpha value is -0.930. The van der Waals surface area contributed by atoms with E-state index in [1.54, 1.807) is 0 Å². The van der Waals surface area contributed by atoms with Gasteiger partial charge in [-0.25, -0.2) is 0 Å². The zero-order valence-corrected chi connectivity index (χ0v) is 14.0. The number of amides is 1. The highest BCUT2D eigenvalue weighted by Crippen LogP contribution is 2.24. The average molecular weight is 383 g/mol. The molecule has 2 heterocycles. The van der Waals surface area contributed by atoms with Crippen molar-refractivity contribution in [3.63, 3.8) is 0 Å². The maximum atomic E-state index is 11.1. The van der Waals surface area contributed by atoms with E-state index in [-0.39, 0.29) is 0 Å². The number of hydrogen-bond acceptors (Lipinski definition) is 11. The molecule has 8 N–H and O–H groups in total. The molecule has 0 aromatic heterocycles. The minimum atomic E-state index is -1.64. The van der Waals surface area contributed by atoms with Gasteiger partial charge in [0.15, 0.2) is 12.6 Å². The number of carbonyl (C=O) groups is 1. The molecule has 12 nitrogen and oxygen atoms in total. The Morgan fingerprint density at radius 2 is 1.54 bits per heavy atom. The minimum absolute atomic E-state index is 0.467. The molecule has 10 atom stereocenters. The number of rotatable bonds is 5. The molecule has 0 aliphatic carbocycles. The lowest BCUT2D eigenvalue weighted by Crippen LogP contribution is -2.64. The monoisotopic (exact) mass is 383 g/mol. The van der Waals surface area contributed by atoms with Crippen LogP contribution in [0.5, 0.6) is 0 Å². The molecule has 26 heavy (non-hydrogen) atoms. The van der Waals surface area contributed by atoms with Gasteiger partial charge in [0, 0.05) is 6.92 Å². The largest absolute Gasteiger partial charge is 0.394 e. The van der Waals surface area contributed by atoms with Gasteiger partial charge in [-0.1, -0.05) is 0 Å². The summed E-state index contributed by atoms with van der Waals surface area (Å²) in [6.07, 6.45) is -13.4. The first-order valence-corrected chi connectivity index (χ1v) is 8.06. The highest BCUT2D eigenvalue weighted by molar-refractivity contribution is 5.73. The van der Waals surface area contributed by atoms with Gasteiger partial charge in [-0.05, 0) is 0 Å². The second kappa shape index (κ2) is 8.84. The lowest BCUT2D eigenvalue weighted by molar-refractivity contribution is -0.318. The summed E-state index contributed by atoms with van der Waals surface area (Å²) in [5.74, 6) is -0.542. The molecule has 1 amide bonds. The van der Waals surface area contributed by atoms with E-state index >= 15 is 0 Å². The standard InChI is InChI=1S/C14H25NO11/c1-4(17)15-7-10(20)9(19)6(25-13(7)23)3-24-14-12(22)11(21)8(18)5(2-16)26-14/h5-14,16,18-23H,2-3H2,1H3,(H,15,17)/t5-,6-,7-,8+,9-,10-,11+,12-,13?,14-/m1/s1. The van der Waals surface area contributed by atoms with Crippen molar-refractivity contribution in [3.05, 3.63) is 0 Å². The van der Waals surface area contributed by atoms with Crippen molar-refractivity contribution < 1.29 is 54.8 Å². The second-order valence-electron chi connectivity index (χ2n) is 6.30. The third kappa shape index (κ3) is 4.48. The summed E-state index contributed by atoms with van der Waals surface area (Å²) < 4.78 is 15.5. The molecule has 0 saturated carbocycles. The molecule has 0 aromatic rings. The Kier molecular flexibility index (Phi) is 7.27. The van der Waals surface area contributed by atoms with Crippen molar-refractivity contribution in [3.8, 4) is 0 Å². The van der Waals surface area contributed by atoms with Crippen LogP contribution in [-0.4, -0.2) is 116 Å². The Morgan fingerprint density at radius 1 is 0.923 bits per heavy atom. The highest BCUT2D eigenvalue weighted by Gasteiger charge is 2.47. The summed E-state index contributed by atoms with van der Waals surface area (Å²) in [6, 6.07) is -1.24. The van der Waals surface area contributed by atoms with Crippen molar-refractivity contribution in [1.82, 2.24) is 5.32 Å². The summed E-state index contributed by atoms with van der Waals surface area (Å²) in [7, 11) is 0. The van der Waals surface area contributed by atoms with Crippen LogP contribution >= 0.6 is 0 Å². The van der Waals surface area contributed by atoms with Crippen LogP contribution in [-0.2, 0) is 19.0 Å². The van der Waals surface area contributed by atoms with Gasteiger partial charge in [0.05, 0.1) is 13.2 Å². The molecular formula is C14H25NO11. The lowest BCUT2D eigenvalue weighted by atomic mass is 9.97. The van der Waals surface area contributed by atoms with Gasteiger partial charge >= 0.3 is 0 Å². The van der Waals surface area contributed by atoms with Gasteiger partial charge in [0.2, 0.25) is 5.91 Å². The van der Waals surface area contributed by atoms with Crippen molar-refractivity contribution >= 4 is 5.91 Å². The molecule has 0 bridgehead atoms. The van der Waals surface area contributed by atoms with Crippen molar-refractivity contribution in [1.29, 1.82) is 0 Å². The first-order valence-electron chi connectivity index (χ1n) is 8.06. The zero-order chi connectivity index (χ0) is 19.6. The van der Waals surface area contributed by atoms with Gasteiger partial charge in [0.1, 0.15) is 48.8 Å².